The van der Waals surface area contributed by atoms with Gasteiger partial charge < -0.3 is 4.74 Å². The summed E-state index contributed by atoms with van der Waals surface area (Å²) in [5.74, 6) is 0.000439. The van der Waals surface area contributed by atoms with E-state index < -0.39 is 11.3 Å². The molecule has 1 aromatic rings. The molecule has 5 heteroatoms. The second-order valence-corrected chi connectivity index (χ2v) is 6.84. The fraction of sp³-hybridized carbons (Fsp3) is 0.562. The third-order valence-corrected chi connectivity index (χ3v) is 4.98. The minimum Gasteiger partial charge on any atom is -0.468 e. The van der Waals surface area contributed by atoms with Crippen molar-refractivity contribution >= 4 is 40.8 Å². The zero-order valence-corrected chi connectivity index (χ0v) is 14.3. The average molecular weight is 350 g/mol. The molecule has 0 aliphatic heterocycles. The normalized spacial score (nSPS) is 17.5. The summed E-state index contributed by atoms with van der Waals surface area (Å²) in [6, 6.07) is 3.74. The van der Waals surface area contributed by atoms with Crippen LogP contribution in [-0.2, 0) is 16.0 Å². The van der Waals surface area contributed by atoms with Gasteiger partial charge in [-0.05, 0) is 48.4 Å². The fourth-order valence-electron chi connectivity index (χ4n) is 2.95. The molecule has 0 bridgehead atoms. The summed E-state index contributed by atoms with van der Waals surface area (Å²) in [4.78, 5) is 11.4. The van der Waals surface area contributed by atoms with Crippen LogP contribution in [0.2, 0.25) is 10.0 Å². The molecule has 1 atom stereocenters. The quantitative estimate of drug-likeness (QED) is 0.540. The Balaban J connectivity index is 2.18. The molecule has 2 rings (SSSR count). The van der Waals surface area contributed by atoms with E-state index in [2.05, 4.69) is 4.74 Å². The van der Waals surface area contributed by atoms with E-state index in [0.29, 0.717) is 22.4 Å². The van der Waals surface area contributed by atoms with Crippen LogP contribution in [0, 0.1) is 0 Å². The molecule has 0 aromatic heterocycles. The first-order valence-corrected chi connectivity index (χ1v) is 8.42. The minimum atomic E-state index is -0.720. The maximum absolute atomic E-state index is 11.4. The predicted molar refractivity (Wildman–Crippen MR) is 87.6 cm³/mol. The molecule has 0 N–H and O–H groups in total. The van der Waals surface area contributed by atoms with Crippen LogP contribution in [0.1, 0.15) is 49.1 Å². The van der Waals surface area contributed by atoms with E-state index in [1.165, 1.54) is 26.4 Å². The van der Waals surface area contributed by atoms with Crippen LogP contribution >= 0.6 is 34.8 Å². The number of hydrogen-bond donors (Lipinski definition) is 0. The lowest BCUT2D eigenvalue weighted by atomic mass is 9.83. The van der Waals surface area contributed by atoms with E-state index in [1.54, 1.807) is 0 Å². The molecule has 1 unspecified atom stereocenters. The van der Waals surface area contributed by atoms with Gasteiger partial charge in [0.15, 0.2) is 0 Å². The van der Waals surface area contributed by atoms with Crippen molar-refractivity contribution in [2.45, 2.75) is 49.8 Å². The molecule has 1 fully saturated rings. The number of rotatable bonds is 4. The molecule has 2 nitrogen and oxygen atoms in total. The van der Waals surface area contributed by atoms with Crippen LogP contribution in [-0.4, -0.2) is 18.5 Å². The first kappa shape index (κ1) is 16.9. The number of benzene rings is 1. The molecule has 1 saturated carbocycles. The van der Waals surface area contributed by atoms with Gasteiger partial charge in [0.1, 0.15) is 5.38 Å². The van der Waals surface area contributed by atoms with Crippen LogP contribution in [0.3, 0.4) is 0 Å². The Morgan fingerprint density at radius 2 is 1.81 bits per heavy atom. The smallest absolute Gasteiger partial charge is 0.324 e. The number of carbonyl (C=O) groups excluding carboxylic acids is 1. The first-order chi connectivity index (χ1) is 10.0. The van der Waals surface area contributed by atoms with Crippen molar-refractivity contribution in [1.29, 1.82) is 0 Å². The molecule has 21 heavy (non-hydrogen) atoms. The van der Waals surface area contributed by atoms with E-state index in [1.807, 2.05) is 12.1 Å². The fourth-order valence-corrected chi connectivity index (χ4v) is 4.06. The summed E-state index contributed by atoms with van der Waals surface area (Å²) in [5.41, 5.74) is 1.90. The Labute approximate surface area is 140 Å². The molecule has 0 amide bonds. The standard InChI is InChI=1S/C16H19Cl3O2/c1-21-16(20)14(19)9-10-7-12(17)15(13(18)8-10)11-5-3-2-4-6-11/h7-8,11,14H,2-6,9H2,1H3. The molecule has 1 aliphatic carbocycles. The summed E-state index contributed by atoms with van der Waals surface area (Å²) >= 11 is 18.8. The second kappa shape index (κ2) is 7.71. The largest absolute Gasteiger partial charge is 0.468 e. The van der Waals surface area contributed by atoms with E-state index in [9.17, 15) is 4.79 Å². The number of carbonyl (C=O) groups is 1. The van der Waals surface area contributed by atoms with Crippen LogP contribution in [0.5, 0.6) is 0 Å². The monoisotopic (exact) mass is 348 g/mol. The van der Waals surface area contributed by atoms with Crippen LogP contribution in [0.25, 0.3) is 0 Å². The molecular weight excluding hydrogens is 331 g/mol. The summed E-state index contributed by atoms with van der Waals surface area (Å²) < 4.78 is 4.63. The highest BCUT2D eigenvalue weighted by Crippen LogP contribution is 2.40. The molecule has 116 valence electrons. The van der Waals surface area contributed by atoms with Gasteiger partial charge in [0.25, 0.3) is 0 Å². The average Bonchev–Trinajstić information content (AvgIpc) is 2.46. The van der Waals surface area contributed by atoms with Crippen LogP contribution in [0.15, 0.2) is 12.1 Å². The van der Waals surface area contributed by atoms with Crippen molar-refractivity contribution in [3.63, 3.8) is 0 Å². The van der Waals surface area contributed by atoms with E-state index in [-0.39, 0.29) is 0 Å². The van der Waals surface area contributed by atoms with Crippen molar-refractivity contribution in [2.24, 2.45) is 0 Å². The Morgan fingerprint density at radius 1 is 1.24 bits per heavy atom. The van der Waals surface area contributed by atoms with Crippen molar-refractivity contribution in [2.75, 3.05) is 7.11 Å². The van der Waals surface area contributed by atoms with Crippen LogP contribution in [0.4, 0.5) is 0 Å². The van der Waals surface area contributed by atoms with E-state index in [4.69, 9.17) is 34.8 Å². The molecule has 0 saturated heterocycles. The van der Waals surface area contributed by atoms with Gasteiger partial charge in [-0.2, -0.15) is 0 Å². The summed E-state index contributed by atoms with van der Waals surface area (Å²) in [6.45, 7) is 0. The molecule has 0 spiro atoms. The van der Waals surface area contributed by atoms with Gasteiger partial charge in [0.2, 0.25) is 0 Å². The van der Waals surface area contributed by atoms with Gasteiger partial charge in [0.05, 0.1) is 7.11 Å². The van der Waals surface area contributed by atoms with Gasteiger partial charge in [0, 0.05) is 10.0 Å². The van der Waals surface area contributed by atoms with E-state index >= 15 is 0 Å². The molecule has 0 heterocycles. The lowest BCUT2D eigenvalue weighted by Crippen LogP contribution is -2.18. The minimum absolute atomic E-state index is 0.360. The number of hydrogen-bond acceptors (Lipinski definition) is 2. The number of esters is 1. The van der Waals surface area contributed by atoms with Gasteiger partial charge in [-0.1, -0.05) is 42.5 Å². The summed E-state index contributed by atoms with van der Waals surface area (Å²) in [6.07, 6.45) is 6.38. The number of methoxy groups -OCH3 is 1. The van der Waals surface area contributed by atoms with E-state index in [0.717, 1.165) is 24.0 Å². The summed E-state index contributed by atoms with van der Waals surface area (Å²) in [7, 11) is 1.32. The zero-order valence-electron chi connectivity index (χ0n) is 12.0. The Hall–Kier alpha value is -0.440. The number of alkyl halides is 1. The van der Waals surface area contributed by atoms with Crippen molar-refractivity contribution < 1.29 is 9.53 Å². The van der Waals surface area contributed by atoms with Gasteiger partial charge in [-0.25, -0.2) is 0 Å². The van der Waals surface area contributed by atoms with Gasteiger partial charge in [-0.15, -0.1) is 11.6 Å². The molecular formula is C16H19Cl3O2. The van der Waals surface area contributed by atoms with Crippen molar-refractivity contribution in [3.05, 3.63) is 33.3 Å². The predicted octanol–water partition coefficient (Wildman–Crippen LogP) is 5.36. The summed E-state index contributed by atoms with van der Waals surface area (Å²) in [5, 5.41) is 0.638. The number of halogens is 3. The number of ether oxygens (including phenoxy) is 1. The Bertz CT molecular complexity index is 487. The highest BCUT2D eigenvalue weighted by molar-refractivity contribution is 6.36. The van der Waals surface area contributed by atoms with Crippen molar-refractivity contribution in [3.8, 4) is 0 Å². The lowest BCUT2D eigenvalue weighted by Gasteiger charge is -2.24. The molecule has 1 aliphatic rings. The molecule has 0 radical (unpaired) electrons. The Morgan fingerprint density at radius 3 is 2.33 bits per heavy atom. The zero-order chi connectivity index (χ0) is 15.4. The first-order valence-electron chi connectivity index (χ1n) is 7.22. The Kier molecular flexibility index (Phi) is 6.21. The highest BCUT2D eigenvalue weighted by atomic mass is 35.5. The van der Waals surface area contributed by atoms with Gasteiger partial charge >= 0.3 is 5.97 Å². The lowest BCUT2D eigenvalue weighted by molar-refractivity contribution is -0.140. The topological polar surface area (TPSA) is 26.3 Å². The SMILES string of the molecule is COC(=O)C(Cl)Cc1cc(Cl)c(C2CCCCC2)c(Cl)c1. The molecule has 1 aromatic carbocycles. The van der Waals surface area contributed by atoms with Crippen LogP contribution < -0.4 is 0 Å². The second-order valence-electron chi connectivity index (χ2n) is 5.50. The maximum Gasteiger partial charge on any atom is 0.324 e. The third-order valence-electron chi connectivity index (χ3n) is 4.02. The van der Waals surface area contributed by atoms with Crippen molar-refractivity contribution in [1.82, 2.24) is 0 Å². The third kappa shape index (κ3) is 4.28. The highest BCUT2D eigenvalue weighted by Gasteiger charge is 2.23. The van der Waals surface area contributed by atoms with Gasteiger partial charge in [-0.3, -0.25) is 4.79 Å². The maximum atomic E-state index is 11.4.